The summed E-state index contributed by atoms with van der Waals surface area (Å²) in [5.74, 6) is 1.37. The highest BCUT2D eigenvalue weighted by Crippen LogP contribution is 2.14. The van der Waals surface area contributed by atoms with Crippen LogP contribution in [0.1, 0.15) is 6.92 Å². The molecule has 0 aromatic heterocycles. The van der Waals surface area contributed by atoms with Crippen LogP contribution in [0.2, 0.25) is 0 Å². The predicted octanol–water partition coefficient (Wildman–Crippen LogP) is 1.70. The lowest BCUT2D eigenvalue weighted by atomic mass is 10.2. The van der Waals surface area contributed by atoms with Crippen molar-refractivity contribution in [3.8, 4) is 5.75 Å². The van der Waals surface area contributed by atoms with Crippen LogP contribution in [0.3, 0.4) is 0 Å². The topological polar surface area (TPSA) is 47.3 Å². The fourth-order valence-corrected chi connectivity index (χ4v) is 1.08. The zero-order chi connectivity index (χ0) is 10.4. The maximum absolute atomic E-state index is 5.52. The first-order valence-electron chi connectivity index (χ1n) is 4.84. The summed E-state index contributed by atoms with van der Waals surface area (Å²) in [5, 5.41) is 3.31. The summed E-state index contributed by atoms with van der Waals surface area (Å²) in [6, 6.07) is 7.88. The Labute approximate surface area is 85.3 Å². The van der Waals surface area contributed by atoms with Crippen LogP contribution in [0, 0.1) is 5.92 Å². The first kappa shape index (κ1) is 10.9. The third-order valence-corrected chi connectivity index (χ3v) is 2.15. The first-order chi connectivity index (χ1) is 6.76. The van der Waals surface area contributed by atoms with Crippen molar-refractivity contribution in [2.75, 3.05) is 25.5 Å². The van der Waals surface area contributed by atoms with Crippen molar-refractivity contribution in [2.45, 2.75) is 6.92 Å². The van der Waals surface area contributed by atoms with Crippen LogP contribution < -0.4 is 15.8 Å². The molecule has 3 nitrogen and oxygen atoms in total. The second-order valence-corrected chi connectivity index (χ2v) is 3.45. The standard InChI is InChI=1S/C11H18N2O/c1-9(7-12)8-13-10-3-5-11(14-2)6-4-10/h3-6,9,13H,7-8,12H2,1-2H3. The lowest BCUT2D eigenvalue weighted by Crippen LogP contribution is -2.19. The highest BCUT2D eigenvalue weighted by atomic mass is 16.5. The van der Waals surface area contributed by atoms with E-state index >= 15 is 0 Å². The quantitative estimate of drug-likeness (QED) is 0.750. The summed E-state index contributed by atoms with van der Waals surface area (Å²) in [6.45, 7) is 3.74. The van der Waals surface area contributed by atoms with Crippen LogP contribution >= 0.6 is 0 Å². The molecule has 78 valence electrons. The lowest BCUT2D eigenvalue weighted by molar-refractivity contribution is 0.415. The molecular weight excluding hydrogens is 176 g/mol. The van der Waals surface area contributed by atoms with Crippen molar-refractivity contribution in [3.63, 3.8) is 0 Å². The monoisotopic (exact) mass is 194 g/mol. The van der Waals surface area contributed by atoms with Crippen molar-refractivity contribution in [3.05, 3.63) is 24.3 Å². The van der Waals surface area contributed by atoms with E-state index in [0.717, 1.165) is 18.0 Å². The number of hydrogen-bond acceptors (Lipinski definition) is 3. The molecule has 1 atom stereocenters. The molecule has 0 fully saturated rings. The molecule has 0 bridgehead atoms. The Hall–Kier alpha value is -1.22. The summed E-state index contributed by atoms with van der Waals surface area (Å²) in [4.78, 5) is 0. The fourth-order valence-electron chi connectivity index (χ4n) is 1.08. The Bertz CT molecular complexity index is 258. The molecule has 3 heteroatoms. The Balaban J connectivity index is 2.43. The number of ether oxygens (including phenoxy) is 1. The molecule has 0 saturated carbocycles. The van der Waals surface area contributed by atoms with Crippen molar-refractivity contribution < 1.29 is 4.74 Å². The van der Waals surface area contributed by atoms with Gasteiger partial charge in [-0.15, -0.1) is 0 Å². The van der Waals surface area contributed by atoms with Gasteiger partial charge < -0.3 is 15.8 Å². The van der Waals surface area contributed by atoms with Gasteiger partial charge in [-0.2, -0.15) is 0 Å². The average molecular weight is 194 g/mol. The van der Waals surface area contributed by atoms with E-state index < -0.39 is 0 Å². The van der Waals surface area contributed by atoms with Crippen molar-refractivity contribution in [1.29, 1.82) is 0 Å². The minimum absolute atomic E-state index is 0.497. The lowest BCUT2D eigenvalue weighted by Gasteiger charge is -2.11. The van der Waals surface area contributed by atoms with Crippen LogP contribution in [-0.2, 0) is 0 Å². The fraction of sp³-hybridized carbons (Fsp3) is 0.455. The molecule has 0 radical (unpaired) electrons. The van der Waals surface area contributed by atoms with E-state index in [2.05, 4.69) is 12.2 Å². The second kappa shape index (κ2) is 5.50. The maximum atomic E-state index is 5.52. The molecule has 0 aliphatic heterocycles. The van der Waals surface area contributed by atoms with Gasteiger partial charge in [0, 0.05) is 12.2 Å². The van der Waals surface area contributed by atoms with Gasteiger partial charge in [-0.1, -0.05) is 6.92 Å². The number of hydrogen-bond donors (Lipinski definition) is 2. The maximum Gasteiger partial charge on any atom is 0.119 e. The molecule has 0 aliphatic carbocycles. The predicted molar refractivity (Wildman–Crippen MR) is 59.7 cm³/mol. The van der Waals surface area contributed by atoms with Gasteiger partial charge in [0.15, 0.2) is 0 Å². The minimum Gasteiger partial charge on any atom is -0.497 e. The van der Waals surface area contributed by atoms with Gasteiger partial charge in [0.05, 0.1) is 7.11 Å². The highest BCUT2D eigenvalue weighted by Gasteiger charge is 1.98. The zero-order valence-corrected chi connectivity index (χ0v) is 8.79. The van der Waals surface area contributed by atoms with Crippen LogP contribution in [0.5, 0.6) is 5.75 Å². The molecule has 3 N–H and O–H groups in total. The third kappa shape index (κ3) is 3.26. The summed E-state index contributed by atoms with van der Waals surface area (Å²) in [5.41, 5.74) is 6.62. The molecule has 0 heterocycles. The van der Waals surface area contributed by atoms with Gasteiger partial charge >= 0.3 is 0 Å². The van der Waals surface area contributed by atoms with E-state index in [1.165, 1.54) is 0 Å². The zero-order valence-electron chi connectivity index (χ0n) is 8.79. The van der Waals surface area contributed by atoms with Crippen molar-refractivity contribution in [1.82, 2.24) is 0 Å². The number of methoxy groups -OCH3 is 1. The number of anilines is 1. The van der Waals surface area contributed by atoms with E-state index in [9.17, 15) is 0 Å². The summed E-state index contributed by atoms with van der Waals surface area (Å²) in [6.07, 6.45) is 0. The summed E-state index contributed by atoms with van der Waals surface area (Å²) >= 11 is 0. The minimum atomic E-state index is 0.497. The normalized spacial score (nSPS) is 12.2. The van der Waals surface area contributed by atoms with Gasteiger partial charge in [-0.05, 0) is 36.7 Å². The SMILES string of the molecule is COc1ccc(NCC(C)CN)cc1. The number of nitrogens with two attached hydrogens (primary N) is 1. The molecule has 0 aliphatic rings. The van der Waals surface area contributed by atoms with Gasteiger partial charge in [-0.25, -0.2) is 0 Å². The van der Waals surface area contributed by atoms with E-state index in [4.69, 9.17) is 10.5 Å². The first-order valence-corrected chi connectivity index (χ1v) is 4.84. The van der Waals surface area contributed by atoms with Crippen molar-refractivity contribution >= 4 is 5.69 Å². The van der Waals surface area contributed by atoms with Crippen LogP contribution in [0.4, 0.5) is 5.69 Å². The number of benzene rings is 1. The van der Waals surface area contributed by atoms with Crippen molar-refractivity contribution in [2.24, 2.45) is 11.7 Å². The Morgan fingerprint density at radius 3 is 2.50 bits per heavy atom. The van der Waals surface area contributed by atoms with E-state index in [1.54, 1.807) is 7.11 Å². The smallest absolute Gasteiger partial charge is 0.119 e. The molecule has 1 aromatic carbocycles. The summed E-state index contributed by atoms with van der Waals surface area (Å²) < 4.78 is 5.07. The number of nitrogens with one attached hydrogen (secondary N) is 1. The van der Waals surface area contributed by atoms with E-state index in [-0.39, 0.29) is 0 Å². The highest BCUT2D eigenvalue weighted by molar-refractivity contribution is 5.46. The Morgan fingerprint density at radius 2 is 2.00 bits per heavy atom. The van der Waals surface area contributed by atoms with Crippen LogP contribution in [-0.4, -0.2) is 20.2 Å². The van der Waals surface area contributed by atoms with Gasteiger partial charge in [0.1, 0.15) is 5.75 Å². The number of rotatable bonds is 5. The molecule has 1 rings (SSSR count). The Morgan fingerprint density at radius 1 is 1.36 bits per heavy atom. The molecule has 14 heavy (non-hydrogen) atoms. The van der Waals surface area contributed by atoms with Gasteiger partial charge in [0.25, 0.3) is 0 Å². The van der Waals surface area contributed by atoms with Gasteiger partial charge in [0.2, 0.25) is 0 Å². The molecular formula is C11H18N2O. The van der Waals surface area contributed by atoms with E-state index in [0.29, 0.717) is 12.5 Å². The molecule has 0 saturated heterocycles. The van der Waals surface area contributed by atoms with E-state index in [1.807, 2.05) is 24.3 Å². The summed E-state index contributed by atoms with van der Waals surface area (Å²) in [7, 11) is 1.67. The average Bonchev–Trinajstić information content (AvgIpc) is 2.26. The third-order valence-electron chi connectivity index (χ3n) is 2.15. The van der Waals surface area contributed by atoms with Crippen LogP contribution in [0.15, 0.2) is 24.3 Å². The molecule has 1 aromatic rings. The molecule has 0 spiro atoms. The van der Waals surface area contributed by atoms with Gasteiger partial charge in [-0.3, -0.25) is 0 Å². The van der Waals surface area contributed by atoms with Crippen LogP contribution in [0.25, 0.3) is 0 Å². The molecule has 1 unspecified atom stereocenters. The Kier molecular flexibility index (Phi) is 4.26. The molecule has 0 amide bonds. The largest absolute Gasteiger partial charge is 0.497 e. The second-order valence-electron chi connectivity index (χ2n) is 3.45.